The molecular formula is C15H11BrN4O4S. The number of nitrogens with zero attached hydrogens (tertiary/aromatic N) is 3. The van der Waals surface area contributed by atoms with E-state index in [9.17, 15) is 9.59 Å². The number of urea groups is 1. The first-order chi connectivity index (χ1) is 12.0. The van der Waals surface area contributed by atoms with Gasteiger partial charge in [0.25, 0.3) is 5.91 Å². The molecule has 0 bridgehead atoms. The van der Waals surface area contributed by atoms with Gasteiger partial charge in [-0.1, -0.05) is 5.16 Å². The van der Waals surface area contributed by atoms with Crippen LogP contribution in [0.1, 0.15) is 17.7 Å². The molecule has 1 atom stereocenters. The highest BCUT2D eigenvalue weighted by molar-refractivity contribution is 9.11. The number of aromatic nitrogens is 2. The first-order valence-electron chi connectivity index (χ1n) is 7.24. The van der Waals surface area contributed by atoms with Crippen LogP contribution in [0.4, 0.5) is 4.79 Å². The van der Waals surface area contributed by atoms with E-state index in [0.29, 0.717) is 5.76 Å². The minimum atomic E-state index is -1.11. The van der Waals surface area contributed by atoms with E-state index in [1.165, 1.54) is 17.6 Å². The smallest absolute Gasteiger partial charge is 0.325 e. The SMILES string of the molecule is CC1(c2ccc(Br)s2)NC(=O)N(Cc2nc(-c3ccco3)no2)C1=O. The lowest BCUT2D eigenvalue weighted by atomic mass is 10.0. The Balaban J connectivity index is 1.57. The number of imide groups is 1. The van der Waals surface area contributed by atoms with Crippen molar-refractivity contribution in [1.82, 2.24) is 20.4 Å². The molecule has 3 amide bonds. The van der Waals surface area contributed by atoms with E-state index in [1.807, 2.05) is 6.07 Å². The monoisotopic (exact) mass is 422 g/mol. The molecule has 10 heteroatoms. The predicted molar refractivity (Wildman–Crippen MR) is 90.5 cm³/mol. The fourth-order valence-electron chi connectivity index (χ4n) is 2.55. The van der Waals surface area contributed by atoms with Crippen molar-refractivity contribution in [3.05, 3.63) is 45.1 Å². The molecule has 1 aliphatic rings. The number of hydrogen-bond donors (Lipinski definition) is 1. The van der Waals surface area contributed by atoms with Crippen LogP contribution in [0.25, 0.3) is 11.6 Å². The van der Waals surface area contributed by atoms with Crippen LogP contribution in [-0.2, 0) is 16.9 Å². The number of carbonyl (C=O) groups is 2. The Bertz CT molecular complexity index is 951. The summed E-state index contributed by atoms with van der Waals surface area (Å²) in [5.41, 5.74) is -1.11. The number of hydrogen-bond acceptors (Lipinski definition) is 7. The summed E-state index contributed by atoms with van der Waals surface area (Å²) < 4.78 is 11.2. The topological polar surface area (TPSA) is 101 Å². The molecule has 0 aromatic carbocycles. The minimum Gasteiger partial charge on any atom is -0.461 e. The van der Waals surface area contributed by atoms with Crippen molar-refractivity contribution >= 4 is 39.2 Å². The van der Waals surface area contributed by atoms with Gasteiger partial charge in [-0.3, -0.25) is 9.69 Å². The van der Waals surface area contributed by atoms with Crippen LogP contribution in [-0.4, -0.2) is 27.0 Å². The molecule has 1 saturated heterocycles. The summed E-state index contributed by atoms with van der Waals surface area (Å²) in [5, 5.41) is 6.53. The number of furan rings is 1. The largest absolute Gasteiger partial charge is 0.461 e. The molecule has 0 spiro atoms. The molecule has 1 N–H and O–H groups in total. The third kappa shape index (κ3) is 2.67. The number of rotatable bonds is 4. The van der Waals surface area contributed by atoms with E-state index in [2.05, 4.69) is 31.4 Å². The lowest BCUT2D eigenvalue weighted by Crippen LogP contribution is -2.40. The second-order valence-corrected chi connectivity index (χ2v) is 8.00. The van der Waals surface area contributed by atoms with E-state index in [-0.39, 0.29) is 24.2 Å². The number of halogens is 1. The fourth-order valence-corrected chi connectivity index (χ4v) is 4.03. The van der Waals surface area contributed by atoms with Crippen LogP contribution in [0.2, 0.25) is 0 Å². The molecule has 128 valence electrons. The fraction of sp³-hybridized carbons (Fsp3) is 0.200. The average molecular weight is 423 g/mol. The molecule has 1 aliphatic heterocycles. The molecule has 25 heavy (non-hydrogen) atoms. The zero-order chi connectivity index (χ0) is 17.6. The molecule has 3 aromatic rings. The molecular weight excluding hydrogens is 412 g/mol. The second-order valence-electron chi connectivity index (χ2n) is 5.54. The second kappa shape index (κ2) is 5.81. The third-order valence-electron chi connectivity index (χ3n) is 3.84. The van der Waals surface area contributed by atoms with Crippen molar-refractivity contribution < 1.29 is 18.5 Å². The lowest BCUT2D eigenvalue weighted by molar-refractivity contribution is -0.131. The Labute approximate surface area is 153 Å². The van der Waals surface area contributed by atoms with Crippen LogP contribution in [0, 0.1) is 0 Å². The van der Waals surface area contributed by atoms with Gasteiger partial charge in [-0.25, -0.2) is 4.79 Å². The summed E-state index contributed by atoms with van der Waals surface area (Å²) in [6.45, 7) is 1.56. The van der Waals surface area contributed by atoms with Crippen LogP contribution >= 0.6 is 27.3 Å². The van der Waals surface area contributed by atoms with Gasteiger partial charge in [-0.15, -0.1) is 11.3 Å². The molecule has 0 saturated carbocycles. The number of nitrogens with one attached hydrogen (secondary N) is 1. The summed E-state index contributed by atoms with van der Waals surface area (Å²) in [6.07, 6.45) is 1.49. The zero-order valence-corrected chi connectivity index (χ0v) is 15.3. The standard InChI is InChI=1S/C15H11BrN4O4S/c1-15(9-4-5-10(16)25-9)13(21)20(14(22)18-15)7-11-17-12(19-24-11)8-3-2-6-23-8/h2-6H,7H2,1H3,(H,18,22). The molecule has 1 fully saturated rings. The van der Waals surface area contributed by atoms with Crippen molar-refractivity contribution in [1.29, 1.82) is 0 Å². The minimum absolute atomic E-state index is 0.111. The van der Waals surface area contributed by atoms with Crippen molar-refractivity contribution in [3.8, 4) is 11.6 Å². The first kappa shape index (κ1) is 16.0. The molecule has 3 aromatic heterocycles. The van der Waals surface area contributed by atoms with Gasteiger partial charge >= 0.3 is 6.03 Å². The summed E-state index contributed by atoms with van der Waals surface area (Å²) in [6, 6.07) is 6.52. The van der Waals surface area contributed by atoms with Gasteiger partial charge in [0.05, 0.1) is 10.0 Å². The molecule has 4 heterocycles. The average Bonchev–Trinajstić information content (AvgIpc) is 3.33. The highest BCUT2D eigenvalue weighted by Gasteiger charge is 2.50. The van der Waals surface area contributed by atoms with E-state index in [4.69, 9.17) is 8.94 Å². The number of carbonyl (C=O) groups excluding carboxylic acids is 2. The Kier molecular flexibility index (Phi) is 3.73. The maximum Gasteiger partial charge on any atom is 0.325 e. The maximum absolute atomic E-state index is 12.8. The summed E-state index contributed by atoms with van der Waals surface area (Å²) in [5.74, 6) is 0.480. The summed E-state index contributed by atoms with van der Waals surface area (Å²) >= 11 is 4.76. The van der Waals surface area contributed by atoms with E-state index in [1.54, 1.807) is 25.1 Å². The zero-order valence-electron chi connectivity index (χ0n) is 12.9. The van der Waals surface area contributed by atoms with E-state index < -0.39 is 11.6 Å². The van der Waals surface area contributed by atoms with Crippen molar-refractivity contribution in [2.75, 3.05) is 0 Å². The number of thiophene rings is 1. The van der Waals surface area contributed by atoms with Gasteiger partial charge in [0.15, 0.2) is 11.3 Å². The highest BCUT2D eigenvalue weighted by atomic mass is 79.9. The highest BCUT2D eigenvalue weighted by Crippen LogP contribution is 2.36. The lowest BCUT2D eigenvalue weighted by Gasteiger charge is -2.19. The third-order valence-corrected chi connectivity index (χ3v) is 5.69. The van der Waals surface area contributed by atoms with E-state index in [0.717, 1.165) is 13.6 Å². The first-order valence-corrected chi connectivity index (χ1v) is 8.85. The van der Waals surface area contributed by atoms with Gasteiger partial charge in [0.2, 0.25) is 11.7 Å². The van der Waals surface area contributed by atoms with Crippen molar-refractivity contribution in [2.45, 2.75) is 19.0 Å². The Morgan fingerprint density at radius 3 is 2.88 bits per heavy atom. The Morgan fingerprint density at radius 2 is 2.20 bits per heavy atom. The van der Waals surface area contributed by atoms with Crippen LogP contribution in [0.3, 0.4) is 0 Å². The molecule has 4 rings (SSSR count). The van der Waals surface area contributed by atoms with Gasteiger partial charge in [-0.05, 0) is 47.1 Å². The Morgan fingerprint density at radius 1 is 1.36 bits per heavy atom. The maximum atomic E-state index is 12.8. The molecule has 0 radical (unpaired) electrons. The van der Waals surface area contributed by atoms with Crippen LogP contribution in [0.5, 0.6) is 0 Å². The van der Waals surface area contributed by atoms with Crippen molar-refractivity contribution in [3.63, 3.8) is 0 Å². The van der Waals surface area contributed by atoms with Crippen LogP contribution in [0.15, 0.2) is 43.3 Å². The van der Waals surface area contributed by atoms with Gasteiger partial charge < -0.3 is 14.3 Å². The van der Waals surface area contributed by atoms with Crippen molar-refractivity contribution in [2.24, 2.45) is 0 Å². The van der Waals surface area contributed by atoms with Gasteiger partial charge in [0, 0.05) is 4.88 Å². The normalized spacial score (nSPS) is 20.3. The molecule has 0 aliphatic carbocycles. The summed E-state index contributed by atoms with van der Waals surface area (Å²) in [7, 11) is 0. The summed E-state index contributed by atoms with van der Waals surface area (Å²) in [4.78, 5) is 31.1. The van der Waals surface area contributed by atoms with Gasteiger partial charge in [-0.2, -0.15) is 4.98 Å². The molecule has 1 unspecified atom stereocenters. The predicted octanol–water partition coefficient (Wildman–Crippen LogP) is 3.12. The van der Waals surface area contributed by atoms with E-state index >= 15 is 0 Å². The van der Waals surface area contributed by atoms with Gasteiger partial charge in [0.1, 0.15) is 6.54 Å². The van der Waals surface area contributed by atoms with Crippen LogP contribution < -0.4 is 5.32 Å². The quantitative estimate of drug-likeness (QED) is 0.648. The number of amides is 3. The Hall–Kier alpha value is -2.46. The molecule has 8 nitrogen and oxygen atoms in total.